The van der Waals surface area contributed by atoms with Gasteiger partial charge in [0.25, 0.3) is 0 Å². The predicted molar refractivity (Wildman–Crippen MR) is 81.7 cm³/mol. The molecule has 0 aliphatic rings. The molecule has 2 N–H and O–H groups in total. The summed E-state index contributed by atoms with van der Waals surface area (Å²) in [6.45, 7) is 3.85. The molecule has 0 radical (unpaired) electrons. The number of amides is 1. The first-order valence-electron chi connectivity index (χ1n) is 6.40. The highest BCUT2D eigenvalue weighted by Gasteiger charge is 2.02. The van der Waals surface area contributed by atoms with Gasteiger partial charge in [-0.25, -0.2) is 0 Å². The monoisotopic (exact) mass is 267 g/mol. The zero-order chi connectivity index (χ0) is 14.5. The number of phenolic OH excluding ortho intramolecular Hbond substituents is 1. The van der Waals surface area contributed by atoms with E-state index in [-0.39, 0.29) is 11.7 Å². The number of carbonyl (C=O) groups is 1. The summed E-state index contributed by atoms with van der Waals surface area (Å²) in [4.78, 5) is 11.8. The summed E-state index contributed by atoms with van der Waals surface area (Å²) < 4.78 is 0. The molecule has 102 valence electrons. The van der Waals surface area contributed by atoms with Crippen LogP contribution >= 0.6 is 0 Å². The third kappa shape index (κ3) is 3.72. The molecule has 0 aromatic heterocycles. The first kappa shape index (κ1) is 13.9. The number of aryl methyl sites for hydroxylation is 2. The van der Waals surface area contributed by atoms with Gasteiger partial charge in [-0.2, -0.15) is 0 Å². The minimum atomic E-state index is -0.195. The van der Waals surface area contributed by atoms with E-state index in [0.717, 1.165) is 11.1 Å². The third-order valence-electron chi connectivity index (χ3n) is 2.97. The predicted octanol–water partition coefficient (Wildman–Crippen LogP) is 3.66. The second-order valence-electron chi connectivity index (χ2n) is 4.73. The van der Waals surface area contributed by atoms with Crippen molar-refractivity contribution in [3.05, 3.63) is 65.2 Å². The van der Waals surface area contributed by atoms with Gasteiger partial charge in [0.2, 0.25) is 5.91 Å². The minimum Gasteiger partial charge on any atom is -0.508 e. The molecule has 0 atom stereocenters. The summed E-state index contributed by atoms with van der Waals surface area (Å²) in [5, 5.41) is 12.1. The van der Waals surface area contributed by atoms with Gasteiger partial charge in [0.05, 0.1) is 0 Å². The lowest BCUT2D eigenvalue weighted by Crippen LogP contribution is -2.08. The van der Waals surface area contributed by atoms with E-state index in [1.54, 1.807) is 24.3 Å². The molecule has 2 aromatic carbocycles. The Morgan fingerprint density at radius 2 is 1.80 bits per heavy atom. The summed E-state index contributed by atoms with van der Waals surface area (Å²) in [5.41, 5.74) is 3.68. The van der Waals surface area contributed by atoms with E-state index in [2.05, 4.69) is 5.32 Å². The van der Waals surface area contributed by atoms with Gasteiger partial charge in [0, 0.05) is 11.8 Å². The maximum atomic E-state index is 11.8. The number of anilines is 1. The van der Waals surface area contributed by atoms with Gasteiger partial charge in [0.15, 0.2) is 0 Å². The first-order valence-corrected chi connectivity index (χ1v) is 6.40. The molecule has 0 saturated carbocycles. The highest BCUT2D eigenvalue weighted by molar-refractivity contribution is 6.02. The third-order valence-corrected chi connectivity index (χ3v) is 2.97. The second-order valence-corrected chi connectivity index (χ2v) is 4.73. The van der Waals surface area contributed by atoms with Gasteiger partial charge in [-0.05, 0) is 49.2 Å². The Balaban J connectivity index is 2.03. The van der Waals surface area contributed by atoms with Crippen LogP contribution in [0.2, 0.25) is 0 Å². The van der Waals surface area contributed by atoms with Gasteiger partial charge < -0.3 is 10.4 Å². The average Bonchev–Trinajstić information content (AvgIpc) is 2.41. The van der Waals surface area contributed by atoms with Crippen LogP contribution in [0.3, 0.4) is 0 Å². The molecule has 20 heavy (non-hydrogen) atoms. The molecule has 0 bridgehead atoms. The Morgan fingerprint density at radius 1 is 1.10 bits per heavy atom. The normalized spacial score (nSPS) is 10.7. The fourth-order valence-corrected chi connectivity index (χ4v) is 1.81. The molecule has 3 heteroatoms. The van der Waals surface area contributed by atoms with Crippen LogP contribution in [-0.2, 0) is 4.79 Å². The zero-order valence-corrected chi connectivity index (χ0v) is 11.6. The van der Waals surface area contributed by atoms with Gasteiger partial charge in [-0.1, -0.05) is 29.8 Å². The summed E-state index contributed by atoms with van der Waals surface area (Å²) in [6.07, 6.45) is 3.27. The molecule has 0 unspecified atom stereocenters. The van der Waals surface area contributed by atoms with Crippen molar-refractivity contribution in [2.24, 2.45) is 0 Å². The molecule has 1 amide bonds. The van der Waals surface area contributed by atoms with Crippen LogP contribution in [0.5, 0.6) is 5.75 Å². The van der Waals surface area contributed by atoms with Crippen LogP contribution in [0.25, 0.3) is 6.08 Å². The SMILES string of the molecule is Cc1ccc(/C=C/C(=O)Nc2ccc(O)cc2C)cc1. The maximum Gasteiger partial charge on any atom is 0.248 e. The van der Waals surface area contributed by atoms with Crippen molar-refractivity contribution < 1.29 is 9.90 Å². The van der Waals surface area contributed by atoms with Gasteiger partial charge in [-0.3, -0.25) is 4.79 Å². The summed E-state index contributed by atoms with van der Waals surface area (Å²) in [7, 11) is 0. The van der Waals surface area contributed by atoms with Crippen molar-refractivity contribution in [2.75, 3.05) is 5.32 Å². The molecule has 0 aliphatic carbocycles. The van der Waals surface area contributed by atoms with E-state index in [1.165, 1.54) is 11.6 Å². The van der Waals surface area contributed by atoms with Crippen LogP contribution in [0, 0.1) is 13.8 Å². The Kier molecular flexibility index (Phi) is 4.20. The number of hydrogen-bond donors (Lipinski definition) is 2. The van der Waals surface area contributed by atoms with E-state index < -0.39 is 0 Å². The summed E-state index contributed by atoms with van der Waals surface area (Å²) >= 11 is 0. The van der Waals surface area contributed by atoms with Crippen molar-refractivity contribution in [3.8, 4) is 5.75 Å². The smallest absolute Gasteiger partial charge is 0.248 e. The van der Waals surface area contributed by atoms with Crippen LogP contribution < -0.4 is 5.32 Å². The molecule has 0 spiro atoms. The molecule has 3 nitrogen and oxygen atoms in total. The number of hydrogen-bond acceptors (Lipinski definition) is 2. The Hall–Kier alpha value is -2.55. The molecule has 0 saturated heterocycles. The molecular weight excluding hydrogens is 250 g/mol. The Bertz CT molecular complexity index is 643. The van der Waals surface area contributed by atoms with Crippen LogP contribution in [0.4, 0.5) is 5.69 Å². The first-order chi connectivity index (χ1) is 9.54. The van der Waals surface area contributed by atoms with Crippen LogP contribution in [-0.4, -0.2) is 11.0 Å². The number of benzene rings is 2. The molecule has 0 fully saturated rings. The zero-order valence-electron chi connectivity index (χ0n) is 11.6. The average molecular weight is 267 g/mol. The second kappa shape index (κ2) is 6.06. The number of nitrogens with one attached hydrogen (secondary N) is 1. The van der Waals surface area contributed by atoms with Gasteiger partial charge >= 0.3 is 0 Å². The molecule has 2 rings (SSSR count). The fraction of sp³-hybridized carbons (Fsp3) is 0.118. The highest BCUT2D eigenvalue weighted by atomic mass is 16.3. The van der Waals surface area contributed by atoms with Crippen molar-refractivity contribution in [1.29, 1.82) is 0 Å². The van der Waals surface area contributed by atoms with Crippen molar-refractivity contribution in [2.45, 2.75) is 13.8 Å². The Labute approximate surface area is 118 Å². The number of aromatic hydroxyl groups is 1. The lowest BCUT2D eigenvalue weighted by molar-refractivity contribution is -0.111. The quantitative estimate of drug-likeness (QED) is 0.658. The molecule has 0 aliphatic heterocycles. The van der Waals surface area contributed by atoms with E-state index in [1.807, 2.05) is 38.1 Å². The molecule has 0 heterocycles. The van der Waals surface area contributed by atoms with Crippen molar-refractivity contribution in [3.63, 3.8) is 0 Å². The summed E-state index contributed by atoms with van der Waals surface area (Å²) in [6, 6.07) is 12.8. The van der Waals surface area contributed by atoms with Gasteiger partial charge in [0.1, 0.15) is 5.75 Å². The van der Waals surface area contributed by atoms with E-state index >= 15 is 0 Å². The van der Waals surface area contributed by atoms with Crippen molar-refractivity contribution in [1.82, 2.24) is 0 Å². The number of rotatable bonds is 3. The van der Waals surface area contributed by atoms with E-state index in [4.69, 9.17) is 0 Å². The standard InChI is InChI=1S/C17H17NO2/c1-12-3-5-14(6-4-12)7-10-17(20)18-16-9-8-15(19)11-13(16)2/h3-11,19H,1-2H3,(H,18,20)/b10-7+. The Morgan fingerprint density at radius 3 is 2.45 bits per heavy atom. The van der Waals surface area contributed by atoms with E-state index in [0.29, 0.717) is 5.69 Å². The topological polar surface area (TPSA) is 49.3 Å². The molecular formula is C17H17NO2. The lowest BCUT2D eigenvalue weighted by atomic mass is 10.1. The number of carbonyl (C=O) groups excluding carboxylic acids is 1. The van der Waals surface area contributed by atoms with Crippen LogP contribution in [0.15, 0.2) is 48.5 Å². The van der Waals surface area contributed by atoms with Crippen LogP contribution in [0.1, 0.15) is 16.7 Å². The maximum absolute atomic E-state index is 11.8. The fourth-order valence-electron chi connectivity index (χ4n) is 1.81. The minimum absolute atomic E-state index is 0.190. The largest absolute Gasteiger partial charge is 0.508 e. The lowest BCUT2D eigenvalue weighted by Gasteiger charge is -2.06. The molecule has 2 aromatic rings. The highest BCUT2D eigenvalue weighted by Crippen LogP contribution is 2.20. The number of phenols is 1. The summed E-state index contributed by atoms with van der Waals surface area (Å²) in [5.74, 6) is -0.00457. The van der Waals surface area contributed by atoms with Crippen molar-refractivity contribution >= 4 is 17.7 Å². The van der Waals surface area contributed by atoms with Gasteiger partial charge in [-0.15, -0.1) is 0 Å². The van der Waals surface area contributed by atoms with E-state index in [9.17, 15) is 9.90 Å².